The van der Waals surface area contributed by atoms with E-state index >= 15 is 0 Å². The summed E-state index contributed by atoms with van der Waals surface area (Å²) in [4.78, 5) is 4.44. The van der Waals surface area contributed by atoms with Crippen molar-refractivity contribution in [2.45, 2.75) is 46.5 Å². The van der Waals surface area contributed by atoms with Gasteiger partial charge in [0, 0.05) is 13.0 Å². The van der Waals surface area contributed by atoms with Crippen LogP contribution in [0, 0.1) is 13.8 Å². The van der Waals surface area contributed by atoms with Gasteiger partial charge in [-0.2, -0.15) is 0 Å². The molecule has 1 aromatic rings. The van der Waals surface area contributed by atoms with Gasteiger partial charge in [0.1, 0.15) is 11.6 Å². The first-order valence-electron chi connectivity index (χ1n) is 6.90. The minimum Gasteiger partial charge on any atom is -1.00 e. The zero-order valence-electron chi connectivity index (χ0n) is 13.0. The van der Waals surface area contributed by atoms with Gasteiger partial charge in [-0.3, -0.25) is 4.99 Å². The fraction of sp³-hybridized carbons (Fsp3) is 0.562. The maximum absolute atomic E-state index is 10.5. The molecule has 0 atom stereocenters. The molecule has 0 fully saturated rings. The number of nitrogens with one attached hydrogen (secondary N) is 1. The lowest BCUT2D eigenvalue weighted by atomic mass is 9.82. The first-order valence-corrected chi connectivity index (χ1v) is 6.90. The second-order valence-electron chi connectivity index (χ2n) is 6.38. The third kappa shape index (κ3) is 3.26. The molecular weight excluding hydrogens is 272 g/mol. The first kappa shape index (κ1) is 16.8. The number of aryl methyl sites for hydroxylation is 1. The maximum Gasteiger partial charge on any atom is 0.122 e. The Bertz CT molecular complexity index is 530. The minimum atomic E-state index is -0.0404. The van der Waals surface area contributed by atoms with Crippen LogP contribution >= 0.6 is 0 Å². The Balaban J connectivity index is 0.00000200. The second kappa shape index (κ2) is 6.04. The van der Waals surface area contributed by atoms with Crippen molar-refractivity contribution >= 4 is 5.84 Å². The maximum atomic E-state index is 10.5. The lowest BCUT2D eigenvalue weighted by Gasteiger charge is -2.24. The van der Waals surface area contributed by atoms with Crippen LogP contribution in [0.2, 0.25) is 0 Å². The molecular formula is C16H24ClN2O-. The van der Waals surface area contributed by atoms with Gasteiger partial charge in [-0.15, -0.1) is 0 Å². The summed E-state index contributed by atoms with van der Waals surface area (Å²) in [6.07, 6.45) is 0.787. The summed E-state index contributed by atoms with van der Waals surface area (Å²) in [6.45, 7) is 12.3. The van der Waals surface area contributed by atoms with Gasteiger partial charge in [-0.25, -0.2) is 0 Å². The Hall–Kier alpha value is -1.22. The zero-order valence-corrected chi connectivity index (χ0v) is 13.7. The van der Waals surface area contributed by atoms with Crippen molar-refractivity contribution in [1.82, 2.24) is 5.32 Å². The number of nitrogens with zero attached hydrogens (tertiary/aromatic N) is 1. The van der Waals surface area contributed by atoms with Crippen molar-refractivity contribution in [3.05, 3.63) is 28.3 Å². The molecule has 0 saturated heterocycles. The van der Waals surface area contributed by atoms with E-state index in [0.717, 1.165) is 36.5 Å². The average molecular weight is 296 g/mol. The fourth-order valence-corrected chi connectivity index (χ4v) is 2.59. The van der Waals surface area contributed by atoms with Gasteiger partial charge < -0.3 is 22.8 Å². The van der Waals surface area contributed by atoms with E-state index in [1.54, 1.807) is 0 Å². The molecule has 1 aromatic carbocycles. The van der Waals surface area contributed by atoms with Crippen molar-refractivity contribution in [1.29, 1.82) is 0 Å². The zero-order chi connectivity index (χ0) is 14.2. The van der Waals surface area contributed by atoms with E-state index in [0.29, 0.717) is 5.75 Å². The van der Waals surface area contributed by atoms with E-state index in [9.17, 15) is 5.11 Å². The topological polar surface area (TPSA) is 44.6 Å². The number of phenols is 1. The monoisotopic (exact) mass is 295 g/mol. The van der Waals surface area contributed by atoms with Gasteiger partial charge in [0.2, 0.25) is 0 Å². The largest absolute Gasteiger partial charge is 1.00 e. The Morgan fingerprint density at radius 2 is 1.95 bits per heavy atom. The molecule has 112 valence electrons. The predicted octanol–water partition coefficient (Wildman–Crippen LogP) is -0.145. The number of benzene rings is 1. The summed E-state index contributed by atoms with van der Waals surface area (Å²) in [5, 5.41) is 13.7. The number of aliphatic imine (C=N–C) groups is 1. The minimum absolute atomic E-state index is 0. The van der Waals surface area contributed by atoms with Crippen LogP contribution in [0.3, 0.4) is 0 Å². The number of phenolic OH excluding ortho intramolecular Hbond substituents is 1. The van der Waals surface area contributed by atoms with E-state index in [-0.39, 0.29) is 17.8 Å². The van der Waals surface area contributed by atoms with E-state index in [2.05, 4.69) is 44.1 Å². The number of amidine groups is 1. The van der Waals surface area contributed by atoms with Crippen LogP contribution in [0.4, 0.5) is 0 Å². The molecule has 0 aromatic heterocycles. The van der Waals surface area contributed by atoms with Crippen LogP contribution in [-0.2, 0) is 11.8 Å². The molecule has 2 N–H and O–H groups in total. The predicted molar refractivity (Wildman–Crippen MR) is 80.3 cm³/mol. The van der Waals surface area contributed by atoms with Crippen LogP contribution in [0.5, 0.6) is 5.75 Å². The van der Waals surface area contributed by atoms with Crippen molar-refractivity contribution in [2.24, 2.45) is 4.99 Å². The fourth-order valence-electron chi connectivity index (χ4n) is 2.59. The van der Waals surface area contributed by atoms with E-state index < -0.39 is 0 Å². The van der Waals surface area contributed by atoms with E-state index in [1.807, 2.05) is 6.92 Å². The smallest absolute Gasteiger partial charge is 0.122 e. The number of hydrogen-bond acceptors (Lipinski definition) is 3. The first-order chi connectivity index (χ1) is 8.80. The molecule has 0 unspecified atom stereocenters. The van der Waals surface area contributed by atoms with Crippen LogP contribution < -0.4 is 17.7 Å². The second-order valence-corrected chi connectivity index (χ2v) is 6.38. The normalized spacial score (nSPS) is 14.6. The highest BCUT2D eigenvalue weighted by atomic mass is 35.5. The molecule has 4 heteroatoms. The summed E-state index contributed by atoms with van der Waals surface area (Å²) in [6, 6.07) is 2.12. The summed E-state index contributed by atoms with van der Waals surface area (Å²) < 4.78 is 0. The standard InChI is InChI=1S/C16H24N2O.ClH/c1-10-8-13(16(3,4)5)15(19)11(2)12(10)9-14-17-6-7-18-14;/h8,19H,6-7,9H2,1-5H3,(H,17,18);1H/p-1. The molecule has 1 aliphatic rings. The van der Waals surface area contributed by atoms with Gasteiger partial charge in [-0.05, 0) is 41.5 Å². The average Bonchev–Trinajstić information content (AvgIpc) is 2.80. The Kier molecular flexibility index (Phi) is 5.09. The number of rotatable bonds is 2. The van der Waals surface area contributed by atoms with Crippen LogP contribution in [0.15, 0.2) is 11.1 Å². The third-order valence-corrected chi connectivity index (χ3v) is 3.80. The Labute approximate surface area is 127 Å². The Morgan fingerprint density at radius 1 is 1.30 bits per heavy atom. The molecule has 20 heavy (non-hydrogen) atoms. The van der Waals surface area contributed by atoms with Gasteiger partial charge in [0.25, 0.3) is 0 Å². The van der Waals surface area contributed by atoms with Crippen LogP contribution in [0.25, 0.3) is 0 Å². The van der Waals surface area contributed by atoms with E-state index in [1.165, 1.54) is 11.1 Å². The van der Waals surface area contributed by atoms with Gasteiger partial charge in [0.15, 0.2) is 0 Å². The summed E-state index contributed by atoms with van der Waals surface area (Å²) in [5.41, 5.74) is 4.39. The van der Waals surface area contributed by atoms with E-state index in [4.69, 9.17) is 0 Å². The highest BCUT2D eigenvalue weighted by molar-refractivity contribution is 5.86. The lowest BCUT2D eigenvalue weighted by molar-refractivity contribution is -0.00000570. The number of aromatic hydroxyl groups is 1. The summed E-state index contributed by atoms with van der Waals surface area (Å²) >= 11 is 0. The van der Waals surface area contributed by atoms with Gasteiger partial charge >= 0.3 is 0 Å². The molecule has 1 aliphatic heterocycles. The lowest BCUT2D eigenvalue weighted by Crippen LogP contribution is -3.00. The summed E-state index contributed by atoms with van der Waals surface area (Å²) in [5.74, 6) is 1.47. The summed E-state index contributed by atoms with van der Waals surface area (Å²) in [7, 11) is 0. The SMILES string of the molecule is Cc1cc(C(C)(C)C)c(O)c(C)c1CC1=NCCN1.[Cl-]. The molecule has 0 amide bonds. The molecule has 2 rings (SSSR count). The van der Waals surface area contributed by atoms with Gasteiger partial charge in [-0.1, -0.05) is 26.8 Å². The molecule has 3 nitrogen and oxygen atoms in total. The molecule has 1 heterocycles. The van der Waals surface area contributed by atoms with Gasteiger partial charge in [0.05, 0.1) is 6.54 Å². The van der Waals surface area contributed by atoms with Crippen LogP contribution in [0.1, 0.15) is 43.0 Å². The van der Waals surface area contributed by atoms with Crippen molar-refractivity contribution < 1.29 is 17.5 Å². The highest BCUT2D eigenvalue weighted by Gasteiger charge is 2.22. The van der Waals surface area contributed by atoms with Crippen molar-refractivity contribution in [3.63, 3.8) is 0 Å². The quantitative estimate of drug-likeness (QED) is 0.797. The number of hydrogen-bond donors (Lipinski definition) is 2. The molecule has 0 spiro atoms. The van der Waals surface area contributed by atoms with Crippen molar-refractivity contribution in [2.75, 3.05) is 13.1 Å². The van der Waals surface area contributed by atoms with Crippen LogP contribution in [-0.4, -0.2) is 24.0 Å². The molecule has 0 saturated carbocycles. The molecule has 0 bridgehead atoms. The molecule has 0 aliphatic carbocycles. The highest BCUT2D eigenvalue weighted by Crippen LogP contribution is 2.36. The molecule has 0 radical (unpaired) electrons. The van der Waals surface area contributed by atoms with Crippen molar-refractivity contribution in [3.8, 4) is 5.75 Å². The Morgan fingerprint density at radius 3 is 2.45 bits per heavy atom. The third-order valence-electron chi connectivity index (χ3n) is 3.80. The number of halogens is 1.